The number of nitrogens with one attached hydrogen (secondary N) is 2. The van der Waals surface area contributed by atoms with E-state index in [4.69, 9.17) is 4.42 Å². The van der Waals surface area contributed by atoms with Gasteiger partial charge in [0.2, 0.25) is 0 Å². The smallest absolute Gasteiger partial charge is 0.289 e. The summed E-state index contributed by atoms with van der Waals surface area (Å²) in [4.78, 5) is 27.3. The third-order valence-electron chi connectivity index (χ3n) is 5.75. The Morgan fingerprint density at radius 3 is 2.52 bits per heavy atom. The van der Waals surface area contributed by atoms with Gasteiger partial charge in [0.05, 0.1) is 5.69 Å². The first-order valence-corrected chi connectivity index (χ1v) is 11.3. The molecule has 8 heteroatoms. The summed E-state index contributed by atoms with van der Waals surface area (Å²) in [5.74, 6) is 0.659. The molecule has 33 heavy (non-hydrogen) atoms. The van der Waals surface area contributed by atoms with E-state index < -0.39 is 0 Å². The van der Waals surface area contributed by atoms with Gasteiger partial charge in [-0.1, -0.05) is 20.8 Å². The minimum absolute atomic E-state index is 0.0837. The highest BCUT2D eigenvalue weighted by atomic mass is 16.4. The third kappa shape index (κ3) is 5.17. The van der Waals surface area contributed by atoms with E-state index in [1.54, 1.807) is 23.9 Å². The molecule has 3 heterocycles. The van der Waals surface area contributed by atoms with Gasteiger partial charge in [-0.05, 0) is 55.4 Å². The molecular weight excluding hydrogens is 418 g/mol. The van der Waals surface area contributed by atoms with Gasteiger partial charge in [-0.15, -0.1) is 0 Å². The average Bonchev–Trinajstić information content (AvgIpc) is 3.33. The Hall–Kier alpha value is -3.39. The molecule has 1 saturated heterocycles. The summed E-state index contributed by atoms with van der Waals surface area (Å²) in [7, 11) is 1.77. The fourth-order valence-corrected chi connectivity index (χ4v) is 3.77. The lowest BCUT2D eigenvalue weighted by Crippen LogP contribution is -2.33. The van der Waals surface area contributed by atoms with Gasteiger partial charge in [0.1, 0.15) is 11.5 Å². The molecule has 0 radical (unpaired) electrons. The van der Waals surface area contributed by atoms with Crippen molar-refractivity contribution < 1.29 is 14.0 Å². The number of aromatic nitrogens is 2. The van der Waals surface area contributed by atoms with Gasteiger partial charge >= 0.3 is 0 Å². The number of anilines is 1. The van der Waals surface area contributed by atoms with Crippen molar-refractivity contribution in [2.24, 2.45) is 7.05 Å². The quantitative estimate of drug-likeness (QED) is 0.634. The number of nitrogens with zero attached hydrogens (tertiary/aromatic N) is 3. The summed E-state index contributed by atoms with van der Waals surface area (Å²) in [5.41, 5.74) is 2.74. The molecule has 2 amide bonds. The van der Waals surface area contributed by atoms with Gasteiger partial charge in [-0.3, -0.25) is 14.3 Å². The molecule has 0 aliphatic carbocycles. The van der Waals surface area contributed by atoms with Crippen LogP contribution in [-0.4, -0.2) is 52.7 Å². The zero-order valence-electron chi connectivity index (χ0n) is 19.6. The summed E-state index contributed by atoms with van der Waals surface area (Å²) < 4.78 is 7.46. The van der Waals surface area contributed by atoms with E-state index in [1.807, 2.05) is 35.2 Å². The molecular formula is C25H31N5O3. The molecule has 0 bridgehead atoms. The third-order valence-corrected chi connectivity index (χ3v) is 5.75. The van der Waals surface area contributed by atoms with Gasteiger partial charge in [0, 0.05) is 43.3 Å². The Balaban J connectivity index is 1.43. The van der Waals surface area contributed by atoms with E-state index in [0.717, 1.165) is 37.3 Å². The largest absolute Gasteiger partial charge is 0.451 e. The molecule has 1 aliphatic heterocycles. The van der Waals surface area contributed by atoms with Crippen LogP contribution in [0.3, 0.4) is 0 Å². The lowest BCUT2D eigenvalue weighted by molar-refractivity contribution is 0.0735. The van der Waals surface area contributed by atoms with Gasteiger partial charge in [0.15, 0.2) is 5.76 Å². The zero-order chi connectivity index (χ0) is 23.6. The molecule has 0 saturated carbocycles. The average molecular weight is 450 g/mol. The van der Waals surface area contributed by atoms with Crippen molar-refractivity contribution >= 4 is 17.5 Å². The number of hydrogen-bond acceptors (Lipinski definition) is 5. The van der Waals surface area contributed by atoms with Crippen molar-refractivity contribution in [2.75, 3.05) is 31.5 Å². The van der Waals surface area contributed by atoms with Crippen molar-refractivity contribution in [3.05, 3.63) is 59.6 Å². The molecule has 0 unspecified atom stereocenters. The Bertz CT molecular complexity index is 1130. The second kappa shape index (κ2) is 9.23. The summed E-state index contributed by atoms with van der Waals surface area (Å²) >= 11 is 0. The lowest BCUT2D eigenvalue weighted by Gasteiger charge is -2.18. The van der Waals surface area contributed by atoms with Gasteiger partial charge < -0.3 is 20.0 Å². The van der Waals surface area contributed by atoms with Crippen LogP contribution >= 0.6 is 0 Å². The van der Waals surface area contributed by atoms with Crippen LogP contribution in [0.25, 0.3) is 11.3 Å². The molecule has 0 atom stereocenters. The predicted octanol–water partition coefficient (Wildman–Crippen LogP) is 3.67. The van der Waals surface area contributed by atoms with E-state index in [-0.39, 0.29) is 17.2 Å². The van der Waals surface area contributed by atoms with E-state index >= 15 is 0 Å². The molecule has 2 aromatic heterocycles. The van der Waals surface area contributed by atoms with Gasteiger partial charge in [-0.2, -0.15) is 5.10 Å². The number of aryl methyl sites for hydroxylation is 1. The molecule has 2 N–H and O–H groups in total. The highest BCUT2D eigenvalue weighted by molar-refractivity contribution is 6.03. The fraction of sp³-hybridized carbons (Fsp3) is 0.400. The van der Waals surface area contributed by atoms with Crippen molar-refractivity contribution in [3.63, 3.8) is 0 Å². The van der Waals surface area contributed by atoms with Crippen LogP contribution in [0.1, 0.15) is 53.9 Å². The first-order valence-electron chi connectivity index (χ1n) is 11.3. The maximum absolute atomic E-state index is 12.7. The Morgan fingerprint density at radius 1 is 1.06 bits per heavy atom. The van der Waals surface area contributed by atoms with Crippen LogP contribution in [-0.2, 0) is 12.5 Å². The summed E-state index contributed by atoms with van der Waals surface area (Å²) in [6.07, 6.45) is 0.933. The van der Waals surface area contributed by atoms with Crippen molar-refractivity contribution in [3.8, 4) is 11.3 Å². The molecule has 0 spiro atoms. The highest BCUT2D eigenvalue weighted by Crippen LogP contribution is 2.25. The number of carbonyl (C=O) groups excluding carboxylic acids is 2. The highest BCUT2D eigenvalue weighted by Gasteiger charge is 2.22. The molecule has 1 aliphatic rings. The molecule has 3 aromatic rings. The van der Waals surface area contributed by atoms with Crippen LogP contribution in [0.4, 0.5) is 5.69 Å². The SMILES string of the molecule is Cn1nc(C(C)(C)C)cc1C(=O)Nc1ccc(-c2ccc(C(=O)N3CCCNCC3)o2)cc1. The summed E-state index contributed by atoms with van der Waals surface area (Å²) in [5, 5.41) is 10.7. The second-order valence-corrected chi connectivity index (χ2v) is 9.38. The molecule has 1 fully saturated rings. The number of amides is 2. The number of benzene rings is 1. The van der Waals surface area contributed by atoms with Crippen molar-refractivity contribution in [2.45, 2.75) is 32.6 Å². The monoisotopic (exact) mass is 449 g/mol. The maximum atomic E-state index is 12.7. The lowest BCUT2D eigenvalue weighted by atomic mass is 9.92. The molecule has 174 valence electrons. The first-order chi connectivity index (χ1) is 15.7. The number of rotatable bonds is 4. The molecule has 8 nitrogen and oxygen atoms in total. The number of furan rings is 1. The first kappa shape index (κ1) is 22.8. The zero-order valence-corrected chi connectivity index (χ0v) is 19.6. The Morgan fingerprint density at radius 2 is 1.82 bits per heavy atom. The van der Waals surface area contributed by atoms with Crippen LogP contribution in [0, 0.1) is 0 Å². The number of carbonyl (C=O) groups is 2. The van der Waals surface area contributed by atoms with Crippen molar-refractivity contribution in [1.29, 1.82) is 0 Å². The van der Waals surface area contributed by atoms with Crippen LogP contribution in [0.15, 0.2) is 46.9 Å². The topological polar surface area (TPSA) is 92.4 Å². The minimum Gasteiger partial charge on any atom is -0.451 e. The minimum atomic E-state index is -0.217. The van der Waals surface area contributed by atoms with Gasteiger partial charge in [-0.25, -0.2) is 0 Å². The maximum Gasteiger partial charge on any atom is 0.289 e. The fourth-order valence-electron chi connectivity index (χ4n) is 3.77. The van der Waals surface area contributed by atoms with Crippen LogP contribution in [0.2, 0.25) is 0 Å². The summed E-state index contributed by atoms with van der Waals surface area (Å²) in [6, 6.07) is 12.7. The second-order valence-electron chi connectivity index (χ2n) is 9.38. The normalized spacial score (nSPS) is 14.7. The summed E-state index contributed by atoms with van der Waals surface area (Å²) in [6.45, 7) is 9.32. The molecule has 1 aromatic carbocycles. The Kier molecular flexibility index (Phi) is 6.37. The molecule has 4 rings (SSSR count). The van der Waals surface area contributed by atoms with E-state index in [2.05, 4.69) is 36.5 Å². The van der Waals surface area contributed by atoms with E-state index in [9.17, 15) is 9.59 Å². The predicted molar refractivity (Wildman–Crippen MR) is 127 cm³/mol. The Labute approximate surface area is 194 Å². The van der Waals surface area contributed by atoms with E-state index in [0.29, 0.717) is 29.4 Å². The van der Waals surface area contributed by atoms with Gasteiger partial charge in [0.25, 0.3) is 11.8 Å². The van der Waals surface area contributed by atoms with Crippen molar-refractivity contribution in [1.82, 2.24) is 20.0 Å². The van der Waals surface area contributed by atoms with Crippen LogP contribution < -0.4 is 10.6 Å². The number of hydrogen-bond donors (Lipinski definition) is 2. The van der Waals surface area contributed by atoms with E-state index in [1.165, 1.54) is 0 Å². The standard InChI is InChI=1S/C25H31N5O3/c1-25(2,3)22-16-19(29(4)28-22)23(31)27-18-8-6-17(7-9-18)20-10-11-21(33-20)24(32)30-14-5-12-26-13-15-30/h6-11,16,26H,5,12-15H2,1-4H3,(H,27,31). The van der Waals surface area contributed by atoms with Crippen LogP contribution in [0.5, 0.6) is 0 Å².